The quantitative estimate of drug-likeness (QED) is 0.122. The number of carbonyl (C=O) groups excluding carboxylic acids is 1. The van der Waals surface area contributed by atoms with Crippen molar-refractivity contribution in [3.63, 3.8) is 0 Å². The summed E-state index contributed by atoms with van der Waals surface area (Å²) in [5.41, 5.74) is 5.43. The second kappa shape index (κ2) is 13.7. The van der Waals surface area contributed by atoms with E-state index < -0.39 is 16.0 Å². The summed E-state index contributed by atoms with van der Waals surface area (Å²) < 4.78 is 34.0. The monoisotopic (exact) mass is 642 g/mol. The second-order valence-electron chi connectivity index (χ2n) is 10.2. The molecule has 4 N–H and O–H groups in total. The van der Waals surface area contributed by atoms with Crippen molar-refractivity contribution in [2.24, 2.45) is 0 Å². The number of aryl methyl sites for hydroxylation is 1. The average molecular weight is 643 g/mol. The first-order valence-electron chi connectivity index (χ1n) is 13.9. The molecule has 0 unspecified atom stereocenters. The van der Waals surface area contributed by atoms with Crippen LogP contribution in [0.2, 0.25) is 0 Å². The van der Waals surface area contributed by atoms with Crippen LogP contribution in [0.4, 0.5) is 5.69 Å². The Morgan fingerprint density at radius 1 is 0.867 bits per heavy atom. The zero-order valence-corrected chi connectivity index (χ0v) is 25.8. The van der Waals surface area contributed by atoms with E-state index in [1.165, 1.54) is 11.4 Å². The second-order valence-corrected chi connectivity index (χ2v) is 12.8. The smallest absolute Gasteiger partial charge is 0.347 e. The minimum Gasteiger partial charge on any atom is -0.508 e. The van der Waals surface area contributed by atoms with Gasteiger partial charge in [0.15, 0.2) is 0 Å². The number of hydrogen-bond acceptors (Lipinski definition) is 7. The third-order valence-electron chi connectivity index (χ3n) is 6.98. The van der Waals surface area contributed by atoms with E-state index >= 15 is 0 Å². The number of carbonyl (C=O) groups is 2. The zero-order valence-electron chi connectivity index (χ0n) is 24.2. The molecule has 11 heteroatoms. The summed E-state index contributed by atoms with van der Waals surface area (Å²) in [4.78, 5) is 23.6. The summed E-state index contributed by atoms with van der Waals surface area (Å²) in [5.74, 6) is -0.581. The largest absolute Gasteiger partial charge is 0.508 e. The SMILES string of the molecule is Cc1cc(CNC(=O)c2ccc(-c3ccc(O)cc3)cc2)ccc1OCCc1cccc(NS(=O)(=O)c2ccsc2C(=O)O)c1. The fourth-order valence-corrected chi connectivity index (χ4v) is 6.99. The van der Waals surface area contributed by atoms with Crippen LogP contribution in [0.1, 0.15) is 36.7 Å². The van der Waals surface area contributed by atoms with E-state index in [1.807, 2.05) is 55.5 Å². The molecular formula is C34H30N2O7S2. The highest BCUT2D eigenvalue weighted by Crippen LogP contribution is 2.26. The van der Waals surface area contributed by atoms with Crippen molar-refractivity contribution < 1.29 is 33.0 Å². The molecule has 1 amide bonds. The van der Waals surface area contributed by atoms with Crippen LogP contribution in [0.5, 0.6) is 11.5 Å². The van der Waals surface area contributed by atoms with E-state index in [4.69, 9.17) is 4.74 Å². The summed E-state index contributed by atoms with van der Waals surface area (Å²) in [7, 11) is -4.06. The number of benzene rings is 4. The molecule has 5 aromatic rings. The first-order chi connectivity index (χ1) is 21.6. The number of phenols is 1. The van der Waals surface area contributed by atoms with Gasteiger partial charge in [-0.1, -0.05) is 48.5 Å². The molecule has 0 aliphatic carbocycles. The first-order valence-corrected chi connectivity index (χ1v) is 16.3. The topological polar surface area (TPSA) is 142 Å². The highest BCUT2D eigenvalue weighted by Gasteiger charge is 2.24. The molecule has 0 fully saturated rings. The van der Waals surface area contributed by atoms with E-state index in [1.54, 1.807) is 42.5 Å². The molecule has 9 nitrogen and oxygen atoms in total. The number of nitrogens with one attached hydrogen (secondary N) is 2. The van der Waals surface area contributed by atoms with Crippen molar-refractivity contribution in [1.29, 1.82) is 0 Å². The van der Waals surface area contributed by atoms with Gasteiger partial charge in [0.25, 0.3) is 15.9 Å². The molecule has 0 radical (unpaired) electrons. The van der Waals surface area contributed by atoms with Gasteiger partial charge in [-0.25, -0.2) is 13.2 Å². The molecule has 0 saturated carbocycles. The van der Waals surface area contributed by atoms with Crippen LogP contribution in [-0.2, 0) is 23.0 Å². The minimum absolute atomic E-state index is 0.188. The van der Waals surface area contributed by atoms with Crippen molar-refractivity contribution in [3.05, 3.63) is 130 Å². The van der Waals surface area contributed by atoms with Crippen molar-refractivity contribution in [2.75, 3.05) is 11.3 Å². The van der Waals surface area contributed by atoms with Gasteiger partial charge in [0.05, 0.1) is 6.61 Å². The first kappa shape index (κ1) is 31.3. The van der Waals surface area contributed by atoms with E-state index in [0.717, 1.165) is 39.2 Å². The Morgan fingerprint density at radius 3 is 2.27 bits per heavy atom. The number of aromatic carboxylic acids is 1. The Labute approximate surface area is 264 Å². The van der Waals surface area contributed by atoms with Gasteiger partial charge >= 0.3 is 5.97 Å². The summed E-state index contributed by atoms with van der Waals surface area (Å²) in [5, 5.41) is 23.1. The third-order valence-corrected chi connectivity index (χ3v) is 9.44. The molecule has 4 aromatic carbocycles. The van der Waals surface area contributed by atoms with Crippen LogP contribution < -0.4 is 14.8 Å². The maximum Gasteiger partial charge on any atom is 0.347 e. The maximum atomic E-state index is 12.8. The molecule has 0 spiro atoms. The molecule has 1 aromatic heterocycles. The number of anilines is 1. The van der Waals surface area contributed by atoms with Crippen LogP contribution in [0.3, 0.4) is 0 Å². The van der Waals surface area contributed by atoms with E-state index in [-0.39, 0.29) is 21.4 Å². The molecule has 0 saturated heterocycles. The summed E-state index contributed by atoms with van der Waals surface area (Å²) >= 11 is 0.853. The van der Waals surface area contributed by atoms with Crippen LogP contribution in [0.25, 0.3) is 11.1 Å². The lowest BCUT2D eigenvalue weighted by atomic mass is 10.0. The molecule has 5 rings (SSSR count). The number of sulfonamides is 1. The number of aromatic hydroxyl groups is 1. The highest BCUT2D eigenvalue weighted by molar-refractivity contribution is 7.93. The minimum atomic E-state index is -4.06. The van der Waals surface area contributed by atoms with Gasteiger partial charge in [-0.2, -0.15) is 0 Å². The highest BCUT2D eigenvalue weighted by atomic mass is 32.2. The van der Waals surface area contributed by atoms with Gasteiger partial charge in [-0.15, -0.1) is 11.3 Å². The average Bonchev–Trinajstić information content (AvgIpc) is 3.54. The van der Waals surface area contributed by atoms with E-state index in [9.17, 15) is 28.2 Å². The number of rotatable bonds is 12. The summed E-state index contributed by atoms with van der Waals surface area (Å²) in [6.45, 7) is 2.62. The van der Waals surface area contributed by atoms with Gasteiger partial charge in [-0.05, 0) is 88.7 Å². The number of ether oxygens (including phenoxy) is 1. The fourth-order valence-electron chi connectivity index (χ4n) is 4.68. The van der Waals surface area contributed by atoms with Crippen molar-refractivity contribution in [2.45, 2.75) is 24.8 Å². The summed E-state index contributed by atoms with van der Waals surface area (Å²) in [6, 6.07) is 28.0. The Balaban J connectivity index is 1.12. The number of thiophene rings is 1. The Morgan fingerprint density at radius 2 is 1.58 bits per heavy atom. The molecule has 0 atom stereocenters. The van der Waals surface area contributed by atoms with Gasteiger partial charge in [0, 0.05) is 24.2 Å². The summed E-state index contributed by atoms with van der Waals surface area (Å²) in [6.07, 6.45) is 0.511. The molecule has 0 bridgehead atoms. The Hall–Kier alpha value is -5.13. The lowest BCUT2D eigenvalue weighted by molar-refractivity contribution is 0.0698. The van der Waals surface area contributed by atoms with Gasteiger partial charge in [0.1, 0.15) is 21.3 Å². The standard InChI is InChI=1S/C34H30N2O7S2/c1-22-19-24(21-35-33(38)27-8-6-25(7-9-27)26-10-12-29(37)13-11-26)5-14-30(22)43-17-15-23-3-2-4-28(20-23)36-45(41,42)31-16-18-44-32(31)34(39)40/h2-14,16,18-20,36-37H,15,17,21H2,1H3,(H,35,38)(H,39,40). The normalized spacial score (nSPS) is 11.1. The Kier molecular flexibility index (Phi) is 9.50. The third kappa shape index (κ3) is 7.88. The molecular weight excluding hydrogens is 613 g/mol. The van der Waals surface area contributed by atoms with Crippen LogP contribution in [0, 0.1) is 6.92 Å². The molecule has 0 aliphatic heterocycles. The van der Waals surface area contributed by atoms with Crippen LogP contribution in [0.15, 0.2) is 107 Å². The lowest BCUT2D eigenvalue weighted by Gasteiger charge is -2.13. The van der Waals surface area contributed by atoms with E-state index in [0.29, 0.717) is 36.6 Å². The molecule has 45 heavy (non-hydrogen) atoms. The van der Waals surface area contributed by atoms with Crippen molar-refractivity contribution >= 4 is 38.9 Å². The number of carboxylic acids is 1. The number of phenolic OH excluding ortho intramolecular Hbond substituents is 1. The predicted octanol–water partition coefficient (Wildman–Crippen LogP) is 6.48. The number of hydrogen-bond donors (Lipinski definition) is 4. The van der Waals surface area contributed by atoms with Crippen molar-refractivity contribution in [3.8, 4) is 22.6 Å². The number of amides is 1. The van der Waals surface area contributed by atoms with Crippen LogP contribution in [-0.4, -0.2) is 37.1 Å². The number of carboxylic acid groups (broad SMARTS) is 1. The van der Waals surface area contributed by atoms with Crippen molar-refractivity contribution in [1.82, 2.24) is 5.32 Å². The molecule has 230 valence electrons. The fraction of sp³-hybridized carbons (Fsp3) is 0.118. The lowest BCUT2D eigenvalue weighted by Crippen LogP contribution is -2.22. The van der Waals surface area contributed by atoms with Gasteiger partial charge in [0.2, 0.25) is 0 Å². The maximum absolute atomic E-state index is 12.8. The van der Waals surface area contributed by atoms with Crippen LogP contribution >= 0.6 is 11.3 Å². The van der Waals surface area contributed by atoms with Gasteiger partial charge in [-0.3, -0.25) is 9.52 Å². The zero-order chi connectivity index (χ0) is 32.0. The molecule has 1 heterocycles. The van der Waals surface area contributed by atoms with E-state index in [2.05, 4.69) is 10.0 Å². The Bertz CT molecular complexity index is 1930. The molecule has 0 aliphatic rings. The van der Waals surface area contributed by atoms with Gasteiger partial charge < -0.3 is 20.3 Å². The predicted molar refractivity (Wildman–Crippen MR) is 174 cm³/mol.